The first-order chi connectivity index (χ1) is 12.6. The van der Waals surface area contributed by atoms with Crippen molar-refractivity contribution < 1.29 is 14.3 Å². The fraction of sp³-hybridized carbons (Fsp3) is 0.300. The van der Waals surface area contributed by atoms with E-state index in [1.807, 2.05) is 24.3 Å². The molecule has 2 aromatic rings. The summed E-state index contributed by atoms with van der Waals surface area (Å²) in [6, 6.07) is 14.6. The van der Waals surface area contributed by atoms with Crippen molar-refractivity contribution in [3.63, 3.8) is 0 Å². The number of nitrogens with zero attached hydrogens (tertiary/aromatic N) is 1. The topological polar surface area (TPSA) is 58.6 Å². The number of rotatable bonds is 5. The highest BCUT2D eigenvalue weighted by Gasteiger charge is 2.54. The standard InChI is InChI=1S/C20H19ClN2O3/c21-15-6-8-16(9-7-15)26-13-3-12-23-18(24)20(22-19(23)25)11-10-14-4-1-2-5-17(14)20/h1-2,4-9H,3,10-13H2,(H,22,25). The highest BCUT2D eigenvalue weighted by atomic mass is 35.5. The molecule has 1 aliphatic carbocycles. The molecule has 0 saturated carbocycles. The Morgan fingerprint density at radius 3 is 2.69 bits per heavy atom. The molecule has 1 unspecified atom stereocenters. The van der Waals surface area contributed by atoms with Crippen molar-refractivity contribution in [3.05, 3.63) is 64.7 Å². The maximum atomic E-state index is 13.0. The predicted molar refractivity (Wildman–Crippen MR) is 98.2 cm³/mol. The number of imide groups is 1. The van der Waals surface area contributed by atoms with Crippen LogP contribution < -0.4 is 10.1 Å². The van der Waals surface area contributed by atoms with Gasteiger partial charge in [0, 0.05) is 11.6 Å². The average Bonchev–Trinajstić information content (AvgIpc) is 3.13. The van der Waals surface area contributed by atoms with E-state index in [-0.39, 0.29) is 11.9 Å². The summed E-state index contributed by atoms with van der Waals surface area (Å²) in [4.78, 5) is 26.7. The Bertz CT molecular complexity index is 852. The molecule has 4 rings (SSSR count). The van der Waals surface area contributed by atoms with Crippen LogP contribution in [-0.2, 0) is 16.8 Å². The third-order valence-corrected chi connectivity index (χ3v) is 5.28. The lowest BCUT2D eigenvalue weighted by atomic mass is 9.92. The number of benzene rings is 2. The molecule has 0 bridgehead atoms. The first kappa shape index (κ1) is 16.9. The minimum absolute atomic E-state index is 0.154. The highest BCUT2D eigenvalue weighted by molar-refractivity contribution is 6.30. The molecule has 134 valence electrons. The van der Waals surface area contributed by atoms with Crippen LogP contribution in [0.3, 0.4) is 0 Å². The normalized spacial score (nSPS) is 21.2. The van der Waals surface area contributed by atoms with Crippen molar-refractivity contribution >= 4 is 23.5 Å². The van der Waals surface area contributed by atoms with Gasteiger partial charge >= 0.3 is 6.03 Å². The van der Waals surface area contributed by atoms with Gasteiger partial charge in [-0.15, -0.1) is 0 Å². The van der Waals surface area contributed by atoms with Gasteiger partial charge in [0.05, 0.1) is 6.61 Å². The van der Waals surface area contributed by atoms with Crippen molar-refractivity contribution in [3.8, 4) is 5.75 Å². The van der Waals surface area contributed by atoms with Crippen LogP contribution in [-0.4, -0.2) is 30.0 Å². The molecule has 1 aliphatic heterocycles. The van der Waals surface area contributed by atoms with Gasteiger partial charge < -0.3 is 10.1 Å². The summed E-state index contributed by atoms with van der Waals surface area (Å²) in [6.07, 6.45) is 1.99. The summed E-state index contributed by atoms with van der Waals surface area (Å²) < 4.78 is 5.64. The maximum Gasteiger partial charge on any atom is 0.325 e. The molecule has 2 aromatic carbocycles. The summed E-state index contributed by atoms with van der Waals surface area (Å²) in [5, 5.41) is 3.58. The molecule has 26 heavy (non-hydrogen) atoms. The van der Waals surface area contributed by atoms with Gasteiger partial charge in [0.1, 0.15) is 11.3 Å². The third-order valence-electron chi connectivity index (χ3n) is 5.03. The first-order valence-corrected chi connectivity index (χ1v) is 9.09. The Kier molecular flexibility index (Phi) is 4.32. The molecular formula is C20H19ClN2O3. The molecule has 6 heteroatoms. The highest BCUT2D eigenvalue weighted by Crippen LogP contribution is 2.41. The zero-order valence-electron chi connectivity index (χ0n) is 14.2. The number of ether oxygens (including phenoxy) is 1. The van der Waals surface area contributed by atoms with Gasteiger partial charge in [0.15, 0.2) is 0 Å². The minimum Gasteiger partial charge on any atom is -0.494 e. The third kappa shape index (κ3) is 2.82. The second kappa shape index (κ2) is 6.65. The van der Waals surface area contributed by atoms with E-state index in [2.05, 4.69) is 5.32 Å². The van der Waals surface area contributed by atoms with Crippen LogP contribution in [0.5, 0.6) is 5.75 Å². The van der Waals surface area contributed by atoms with E-state index in [0.29, 0.717) is 36.8 Å². The lowest BCUT2D eigenvalue weighted by Gasteiger charge is -2.22. The van der Waals surface area contributed by atoms with Crippen molar-refractivity contribution in [2.75, 3.05) is 13.2 Å². The number of hydrogen-bond donors (Lipinski definition) is 1. The average molecular weight is 371 g/mol. The number of urea groups is 1. The van der Waals surface area contributed by atoms with Crippen LogP contribution in [0.4, 0.5) is 4.79 Å². The number of fused-ring (bicyclic) bond motifs is 2. The number of hydrogen-bond acceptors (Lipinski definition) is 3. The molecule has 1 heterocycles. The van der Waals surface area contributed by atoms with E-state index in [0.717, 1.165) is 17.5 Å². The van der Waals surface area contributed by atoms with E-state index in [9.17, 15) is 9.59 Å². The largest absolute Gasteiger partial charge is 0.494 e. The number of aryl methyl sites for hydroxylation is 1. The van der Waals surface area contributed by atoms with Crippen LogP contribution in [0.1, 0.15) is 24.0 Å². The van der Waals surface area contributed by atoms with Crippen molar-refractivity contribution in [2.45, 2.75) is 24.8 Å². The van der Waals surface area contributed by atoms with E-state index < -0.39 is 5.54 Å². The number of halogens is 1. The lowest BCUT2D eigenvalue weighted by Crippen LogP contribution is -2.42. The SMILES string of the molecule is O=C1NC2(CCc3ccccc32)C(=O)N1CCCOc1ccc(Cl)cc1. The summed E-state index contributed by atoms with van der Waals surface area (Å²) in [5.41, 5.74) is 1.18. The van der Waals surface area contributed by atoms with Gasteiger partial charge in [0.25, 0.3) is 5.91 Å². The Hall–Kier alpha value is -2.53. The zero-order valence-corrected chi connectivity index (χ0v) is 15.0. The Morgan fingerprint density at radius 2 is 1.88 bits per heavy atom. The summed E-state index contributed by atoms with van der Waals surface area (Å²) >= 11 is 5.84. The first-order valence-electron chi connectivity index (χ1n) is 8.71. The number of amides is 3. The number of carbonyl (C=O) groups is 2. The van der Waals surface area contributed by atoms with E-state index >= 15 is 0 Å². The van der Waals surface area contributed by atoms with Gasteiger partial charge in [-0.25, -0.2) is 4.79 Å². The molecule has 1 atom stereocenters. The molecular weight excluding hydrogens is 352 g/mol. The molecule has 2 aliphatic rings. The molecule has 1 saturated heterocycles. The lowest BCUT2D eigenvalue weighted by molar-refractivity contribution is -0.131. The fourth-order valence-corrected chi connectivity index (χ4v) is 3.86. The van der Waals surface area contributed by atoms with Gasteiger partial charge in [-0.05, 0) is 54.7 Å². The van der Waals surface area contributed by atoms with Gasteiger partial charge in [-0.1, -0.05) is 35.9 Å². The Balaban J connectivity index is 1.39. The van der Waals surface area contributed by atoms with E-state index in [1.165, 1.54) is 4.90 Å². The summed E-state index contributed by atoms with van der Waals surface area (Å²) in [5.74, 6) is 0.562. The van der Waals surface area contributed by atoms with Crippen LogP contribution in [0.25, 0.3) is 0 Å². The summed E-state index contributed by atoms with van der Waals surface area (Å²) in [6.45, 7) is 0.754. The second-order valence-corrected chi connectivity index (χ2v) is 7.04. The van der Waals surface area contributed by atoms with Crippen LogP contribution in [0, 0.1) is 0 Å². The Morgan fingerprint density at radius 1 is 1.12 bits per heavy atom. The molecule has 0 radical (unpaired) electrons. The van der Waals surface area contributed by atoms with Crippen LogP contribution in [0.2, 0.25) is 5.02 Å². The van der Waals surface area contributed by atoms with Gasteiger partial charge in [-0.3, -0.25) is 9.69 Å². The molecule has 0 aromatic heterocycles. The smallest absolute Gasteiger partial charge is 0.325 e. The number of nitrogens with one attached hydrogen (secondary N) is 1. The molecule has 1 N–H and O–H groups in total. The predicted octanol–water partition coefficient (Wildman–Crippen LogP) is 3.50. The second-order valence-electron chi connectivity index (χ2n) is 6.61. The van der Waals surface area contributed by atoms with Gasteiger partial charge in [0.2, 0.25) is 0 Å². The van der Waals surface area contributed by atoms with E-state index in [4.69, 9.17) is 16.3 Å². The molecule has 5 nitrogen and oxygen atoms in total. The fourth-order valence-electron chi connectivity index (χ4n) is 3.74. The van der Waals surface area contributed by atoms with Gasteiger partial charge in [-0.2, -0.15) is 0 Å². The van der Waals surface area contributed by atoms with Crippen LogP contribution >= 0.6 is 11.6 Å². The molecule has 1 spiro atoms. The monoisotopic (exact) mass is 370 g/mol. The van der Waals surface area contributed by atoms with Crippen molar-refractivity contribution in [2.24, 2.45) is 0 Å². The van der Waals surface area contributed by atoms with Crippen molar-refractivity contribution in [1.29, 1.82) is 0 Å². The van der Waals surface area contributed by atoms with E-state index in [1.54, 1.807) is 24.3 Å². The number of carbonyl (C=O) groups excluding carboxylic acids is 2. The maximum absolute atomic E-state index is 13.0. The Labute approximate surface area is 156 Å². The molecule has 3 amide bonds. The minimum atomic E-state index is -0.884. The zero-order chi connectivity index (χ0) is 18.1. The van der Waals surface area contributed by atoms with Crippen LogP contribution in [0.15, 0.2) is 48.5 Å². The van der Waals surface area contributed by atoms with Crippen molar-refractivity contribution in [1.82, 2.24) is 10.2 Å². The quantitative estimate of drug-likeness (QED) is 0.647. The summed E-state index contributed by atoms with van der Waals surface area (Å²) in [7, 11) is 0. The molecule has 1 fully saturated rings.